The largest absolute Gasteiger partial charge is 0.462 e. The van der Waals surface area contributed by atoms with Crippen molar-refractivity contribution < 1.29 is 28.6 Å². The van der Waals surface area contributed by atoms with Crippen LogP contribution in [0.5, 0.6) is 0 Å². The lowest BCUT2D eigenvalue weighted by Gasteiger charge is -2.18. The zero-order valence-corrected chi connectivity index (χ0v) is 49.9. The second kappa shape index (κ2) is 64.1. The number of esters is 3. The van der Waals surface area contributed by atoms with E-state index in [1.807, 2.05) is 0 Å². The van der Waals surface area contributed by atoms with Gasteiger partial charge in [-0.2, -0.15) is 0 Å². The van der Waals surface area contributed by atoms with E-state index >= 15 is 0 Å². The predicted octanol–water partition coefficient (Wildman–Crippen LogP) is 21.8. The molecule has 6 nitrogen and oxygen atoms in total. The monoisotopic (exact) mass is 1060 g/mol. The van der Waals surface area contributed by atoms with Crippen LogP contribution in [-0.4, -0.2) is 37.2 Å². The maximum atomic E-state index is 12.8. The van der Waals surface area contributed by atoms with Gasteiger partial charge in [0.2, 0.25) is 0 Å². The van der Waals surface area contributed by atoms with Crippen molar-refractivity contribution in [1.82, 2.24) is 0 Å². The van der Waals surface area contributed by atoms with E-state index < -0.39 is 6.10 Å². The fourth-order valence-corrected chi connectivity index (χ4v) is 8.41. The van der Waals surface area contributed by atoms with Crippen LogP contribution in [0.4, 0.5) is 0 Å². The van der Waals surface area contributed by atoms with Crippen LogP contribution in [0.25, 0.3) is 0 Å². The Morgan fingerprint density at radius 2 is 0.506 bits per heavy atom. The summed E-state index contributed by atoms with van der Waals surface area (Å²) >= 11 is 0. The molecule has 0 fully saturated rings. The third-order valence-electron chi connectivity index (χ3n) is 13.1. The highest BCUT2D eigenvalue weighted by Gasteiger charge is 2.19. The maximum Gasteiger partial charge on any atom is 0.306 e. The van der Waals surface area contributed by atoms with Crippen LogP contribution >= 0.6 is 0 Å². The first-order chi connectivity index (χ1) is 38.0. The molecule has 0 aromatic heterocycles. The molecule has 1 unspecified atom stereocenters. The summed E-state index contributed by atoms with van der Waals surface area (Å²) in [7, 11) is 0. The molecule has 0 rings (SSSR count). The summed E-state index contributed by atoms with van der Waals surface area (Å²) in [5, 5.41) is 0. The molecule has 77 heavy (non-hydrogen) atoms. The van der Waals surface area contributed by atoms with Gasteiger partial charge in [-0.05, 0) is 122 Å². The Balaban J connectivity index is 4.35. The number of ether oxygens (including phenoxy) is 3. The second-order valence-electron chi connectivity index (χ2n) is 20.6. The van der Waals surface area contributed by atoms with Gasteiger partial charge in [-0.3, -0.25) is 14.4 Å². The normalized spacial score (nSPS) is 13.0. The van der Waals surface area contributed by atoms with Gasteiger partial charge in [0.1, 0.15) is 13.2 Å². The molecule has 0 aliphatic heterocycles. The number of carbonyl (C=O) groups excluding carboxylic acids is 3. The Hall–Kier alpha value is -4.45. The van der Waals surface area contributed by atoms with E-state index in [-0.39, 0.29) is 31.1 Å². The standard InChI is InChI=1S/C71H116O6/c1-4-7-10-13-16-19-22-25-27-28-29-30-31-32-33-34-35-36-37-38-39-40-41-42-43-44-45-47-49-52-55-58-61-64-70(73)76-67-68(66-75-69(72)63-60-57-54-51-48-24-21-18-15-12-9-6-3)77-71(74)65-62-59-56-53-50-46-26-23-20-17-14-11-8-5-2/h7,10,16,19,23,25-27,29-30,32-33,35-36,38-39,41-42,44-45,49,52,68H,4-6,8-9,11-15,17-18,20-22,24,28,31,34,37,40,43,46-48,50-51,53-67H2,1-3H3/b10-7-,19-16-,26-23-,27-25-,30-29-,33-32-,36-35-,39-38-,42-41-,45-44-,52-49-. The van der Waals surface area contributed by atoms with Gasteiger partial charge in [0.15, 0.2) is 6.10 Å². The van der Waals surface area contributed by atoms with Crippen molar-refractivity contribution in [2.24, 2.45) is 0 Å². The van der Waals surface area contributed by atoms with E-state index in [1.54, 1.807) is 0 Å². The fraction of sp³-hybridized carbons (Fsp3) is 0.648. The van der Waals surface area contributed by atoms with E-state index in [1.165, 1.54) is 103 Å². The van der Waals surface area contributed by atoms with E-state index in [0.717, 1.165) is 128 Å². The maximum absolute atomic E-state index is 12.8. The van der Waals surface area contributed by atoms with E-state index in [0.29, 0.717) is 25.7 Å². The molecule has 0 heterocycles. The van der Waals surface area contributed by atoms with Crippen molar-refractivity contribution in [1.29, 1.82) is 0 Å². The van der Waals surface area contributed by atoms with E-state index in [4.69, 9.17) is 14.2 Å². The van der Waals surface area contributed by atoms with E-state index in [9.17, 15) is 14.4 Å². The fourth-order valence-electron chi connectivity index (χ4n) is 8.41. The molecule has 1 atom stereocenters. The van der Waals surface area contributed by atoms with Crippen LogP contribution < -0.4 is 0 Å². The number of hydrogen-bond donors (Lipinski definition) is 0. The SMILES string of the molecule is CC/C=C\C/C=C\C/C=C\C/C=C\C/C=C\C/C=C\C/C=C\C/C=C\C/C=C\C/C=C\CCCCC(=O)OCC(COC(=O)CCCCCCCCCCCCCC)OC(=O)CCCCCCC/C=C\CCCCCCC. The lowest BCUT2D eigenvalue weighted by molar-refractivity contribution is -0.167. The zero-order chi connectivity index (χ0) is 55.7. The number of carbonyl (C=O) groups is 3. The molecule has 6 heteroatoms. The van der Waals surface area contributed by atoms with Gasteiger partial charge < -0.3 is 14.2 Å². The average molecular weight is 1070 g/mol. The van der Waals surface area contributed by atoms with Gasteiger partial charge in [0, 0.05) is 19.3 Å². The molecular weight excluding hydrogens is 949 g/mol. The van der Waals surface area contributed by atoms with Gasteiger partial charge in [-0.25, -0.2) is 0 Å². The Morgan fingerprint density at radius 3 is 0.831 bits per heavy atom. The third-order valence-corrected chi connectivity index (χ3v) is 13.1. The minimum atomic E-state index is -0.802. The summed E-state index contributed by atoms with van der Waals surface area (Å²) in [6.07, 6.45) is 90.3. The topological polar surface area (TPSA) is 78.9 Å². The van der Waals surface area contributed by atoms with Crippen molar-refractivity contribution >= 4 is 17.9 Å². The first-order valence-corrected chi connectivity index (χ1v) is 31.7. The lowest BCUT2D eigenvalue weighted by Crippen LogP contribution is -2.30. The zero-order valence-electron chi connectivity index (χ0n) is 49.9. The van der Waals surface area contributed by atoms with Crippen molar-refractivity contribution in [2.45, 2.75) is 284 Å². The number of rotatable bonds is 56. The van der Waals surface area contributed by atoms with Crippen molar-refractivity contribution in [3.63, 3.8) is 0 Å². The smallest absolute Gasteiger partial charge is 0.306 e. The first-order valence-electron chi connectivity index (χ1n) is 31.7. The van der Waals surface area contributed by atoms with Gasteiger partial charge in [-0.1, -0.05) is 270 Å². The number of allylic oxidation sites excluding steroid dienone is 22. The molecule has 0 aromatic carbocycles. The highest BCUT2D eigenvalue weighted by Crippen LogP contribution is 2.15. The first kappa shape index (κ1) is 72.5. The lowest BCUT2D eigenvalue weighted by atomic mass is 10.0. The molecule has 0 N–H and O–H groups in total. The van der Waals surface area contributed by atoms with Crippen molar-refractivity contribution in [2.75, 3.05) is 13.2 Å². The molecule has 0 amide bonds. The Bertz CT molecular complexity index is 1650. The summed E-state index contributed by atoms with van der Waals surface area (Å²) in [6.45, 7) is 6.47. The highest BCUT2D eigenvalue weighted by atomic mass is 16.6. The number of unbranched alkanes of at least 4 members (excludes halogenated alkanes) is 23. The Labute approximate surface area is 475 Å². The second-order valence-corrected chi connectivity index (χ2v) is 20.6. The van der Waals surface area contributed by atoms with Crippen LogP contribution in [0.1, 0.15) is 278 Å². The molecular formula is C71H116O6. The van der Waals surface area contributed by atoms with Gasteiger partial charge in [-0.15, -0.1) is 0 Å². The summed E-state index contributed by atoms with van der Waals surface area (Å²) in [5.74, 6) is -0.949. The average Bonchev–Trinajstić information content (AvgIpc) is 3.43. The quantitative estimate of drug-likeness (QED) is 0.0261. The Kier molecular flexibility index (Phi) is 60.4. The summed E-state index contributed by atoms with van der Waals surface area (Å²) in [6, 6.07) is 0. The van der Waals surface area contributed by atoms with Crippen LogP contribution in [0.2, 0.25) is 0 Å². The van der Waals surface area contributed by atoms with Crippen molar-refractivity contribution in [3.8, 4) is 0 Å². The van der Waals surface area contributed by atoms with Gasteiger partial charge in [0.25, 0.3) is 0 Å². The molecule has 0 aromatic rings. The highest BCUT2D eigenvalue weighted by molar-refractivity contribution is 5.71. The predicted molar refractivity (Wildman–Crippen MR) is 334 cm³/mol. The molecule has 0 bridgehead atoms. The molecule has 436 valence electrons. The number of hydrogen-bond acceptors (Lipinski definition) is 6. The summed E-state index contributed by atoms with van der Waals surface area (Å²) in [4.78, 5) is 38.2. The third kappa shape index (κ3) is 62.3. The molecule has 0 aliphatic rings. The minimum Gasteiger partial charge on any atom is -0.462 e. The molecule has 0 radical (unpaired) electrons. The minimum absolute atomic E-state index is 0.0957. The molecule has 0 aliphatic carbocycles. The molecule has 0 saturated carbocycles. The molecule has 0 saturated heterocycles. The molecule has 0 spiro atoms. The van der Waals surface area contributed by atoms with Gasteiger partial charge >= 0.3 is 17.9 Å². The summed E-state index contributed by atoms with van der Waals surface area (Å²) < 4.78 is 16.8. The van der Waals surface area contributed by atoms with E-state index in [2.05, 4.69) is 154 Å². The summed E-state index contributed by atoms with van der Waals surface area (Å²) in [5.41, 5.74) is 0. The Morgan fingerprint density at radius 1 is 0.273 bits per heavy atom. The van der Waals surface area contributed by atoms with Crippen LogP contribution in [0, 0.1) is 0 Å². The van der Waals surface area contributed by atoms with Crippen molar-refractivity contribution in [3.05, 3.63) is 134 Å². The van der Waals surface area contributed by atoms with Gasteiger partial charge in [0.05, 0.1) is 0 Å². The van der Waals surface area contributed by atoms with Crippen LogP contribution in [0.15, 0.2) is 134 Å². The van der Waals surface area contributed by atoms with Crippen LogP contribution in [0.3, 0.4) is 0 Å². The van der Waals surface area contributed by atoms with Crippen LogP contribution in [-0.2, 0) is 28.6 Å².